The molecule has 2 aromatic carbocycles. The number of hydrogen-bond donors (Lipinski definition) is 2. The topological polar surface area (TPSA) is 67.4 Å². The van der Waals surface area contributed by atoms with E-state index in [9.17, 15) is 9.59 Å². The van der Waals surface area contributed by atoms with Gasteiger partial charge < -0.3 is 15.4 Å². The van der Waals surface area contributed by atoms with Gasteiger partial charge in [-0.3, -0.25) is 9.59 Å². The SMILES string of the molecule is CC(=O)Nc1ccc2c(c1)CC(C(=O)NC(C)CCc1ccccc1)CO2. The van der Waals surface area contributed by atoms with Crippen molar-refractivity contribution in [1.82, 2.24) is 5.32 Å². The Hall–Kier alpha value is -2.82. The third kappa shape index (κ3) is 5.33. The largest absolute Gasteiger partial charge is 0.492 e. The van der Waals surface area contributed by atoms with E-state index in [0.717, 1.165) is 29.8 Å². The lowest BCUT2D eigenvalue weighted by Crippen LogP contribution is -2.41. The summed E-state index contributed by atoms with van der Waals surface area (Å²) in [6.45, 7) is 3.89. The molecule has 0 bridgehead atoms. The Balaban J connectivity index is 1.54. The Morgan fingerprint density at radius 1 is 1.19 bits per heavy atom. The van der Waals surface area contributed by atoms with E-state index in [4.69, 9.17) is 4.74 Å². The molecule has 0 radical (unpaired) electrons. The second-order valence-electron chi connectivity index (χ2n) is 7.15. The fourth-order valence-corrected chi connectivity index (χ4v) is 3.30. The number of ether oxygens (including phenoxy) is 1. The first kappa shape index (κ1) is 19.0. The molecule has 0 saturated heterocycles. The highest BCUT2D eigenvalue weighted by Gasteiger charge is 2.27. The Morgan fingerprint density at radius 2 is 1.96 bits per heavy atom. The van der Waals surface area contributed by atoms with Crippen LogP contribution in [0.5, 0.6) is 5.75 Å². The van der Waals surface area contributed by atoms with Crippen LogP contribution >= 0.6 is 0 Å². The molecule has 142 valence electrons. The van der Waals surface area contributed by atoms with Gasteiger partial charge >= 0.3 is 0 Å². The number of carbonyl (C=O) groups excluding carboxylic acids is 2. The summed E-state index contributed by atoms with van der Waals surface area (Å²) in [5.41, 5.74) is 2.95. The molecule has 2 N–H and O–H groups in total. The summed E-state index contributed by atoms with van der Waals surface area (Å²) in [6, 6.07) is 15.9. The van der Waals surface area contributed by atoms with Gasteiger partial charge in [-0.2, -0.15) is 0 Å². The van der Waals surface area contributed by atoms with Crippen molar-refractivity contribution in [2.75, 3.05) is 11.9 Å². The fraction of sp³-hybridized carbons (Fsp3) is 0.364. The fourth-order valence-electron chi connectivity index (χ4n) is 3.30. The normalized spacial score (nSPS) is 16.6. The van der Waals surface area contributed by atoms with Gasteiger partial charge in [0.2, 0.25) is 11.8 Å². The van der Waals surface area contributed by atoms with Gasteiger partial charge in [0.05, 0.1) is 5.92 Å². The second kappa shape index (κ2) is 8.71. The first-order valence-corrected chi connectivity index (χ1v) is 9.39. The zero-order valence-electron chi connectivity index (χ0n) is 15.8. The summed E-state index contributed by atoms with van der Waals surface area (Å²) >= 11 is 0. The van der Waals surface area contributed by atoms with Crippen molar-refractivity contribution in [2.45, 2.75) is 39.2 Å². The number of benzene rings is 2. The maximum Gasteiger partial charge on any atom is 0.227 e. The summed E-state index contributed by atoms with van der Waals surface area (Å²) in [4.78, 5) is 23.9. The molecule has 0 spiro atoms. The van der Waals surface area contributed by atoms with Crippen LogP contribution in [0.4, 0.5) is 5.69 Å². The first-order valence-electron chi connectivity index (χ1n) is 9.39. The van der Waals surface area contributed by atoms with Gasteiger partial charge in [0.15, 0.2) is 0 Å². The van der Waals surface area contributed by atoms with Gasteiger partial charge in [-0.15, -0.1) is 0 Å². The van der Waals surface area contributed by atoms with Crippen LogP contribution < -0.4 is 15.4 Å². The van der Waals surface area contributed by atoms with Crippen molar-refractivity contribution in [3.05, 3.63) is 59.7 Å². The Kier molecular flexibility index (Phi) is 6.12. The molecule has 1 aliphatic heterocycles. The third-order valence-corrected chi connectivity index (χ3v) is 4.76. The number of aryl methyl sites for hydroxylation is 1. The monoisotopic (exact) mass is 366 g/mol. The zero-order valence-corrected chi connectivity index (χ0v) is 15.8. The van der Waals surface area contributed by atoms with E-state index in [-0.39, 0.29) is 23.8 Å². The van der Waals surface area contributed by atoms with Gasteiger partial charge in [0, 0.05) is 18.7 Å². The van der Waals surface area contributed by atoms with Crippen molar-refractivity contribution in [3.8, 4) is 5.75 Å². The number of hydrogen-bond acceptors (Lipinski definition) is 3. The van der Waals surface area contributed by atoms with Crippen LogP contribution in [-0.2, 0) is 22.4 Å². The Morgan fingerprint density at radius 3 is 2.70 bits per heavy atom. The molecule has 2 aromatic rings. The first-order chi connectivity index (χ1) is 13.0. The Bertz CT molecular complexity index is 804. The predicted molar refractivity (Wildman–Crippen MR) is 106 cm³/mol. The van der Waals surface area contributed by atoms with Crippen LogP contribution in [0, 0.1) is 5.92 Å². The van der Waals surface area contributed by atoms with Crippen molar-refractivity contribution in [3.63, 3.8) is 0 Å². The number of nitrogens with one attached hydrogen (secondary N) is 2. The quantitative estimate of drug-likeness (QED) is 0.824. The molecule has 0 saturated carbocycles. The number of fused-ring (bicyclic) bond motifs is 1. The van der Waals surface area contributed by atoms with E-state index in [2.05, 4.69) is 22.8 Å². The van der Waals surface area contributed by atoms with Crippen LogP contribution in [0.25, 0.3) is 0 Å². The highest BCUT2D eigenvalue weighted by molar-refractivity contribution is 5.89. The summed E-state index contributed by atoms with van der Waals surface area (Å²) < 4.78 is 5.75. The highest BCUT2D eigenvalue weighted by Crippen LogP contribution is 2.30. The van der Waals surface area contributed by atoms with Gasteiger partial charge in [-0.1, -0.05) is 30.3 Å². The molecular formula is C22H26N2O3. The molecule has 2 atom stereocenters. The molecule has 5 nitrogen and oxygen atoms in total. The maximum absolute atomic E-state index is 12.6. The van der Waals surface area contributed by atoms with Crippen LogP contribution in [0.1, 0.15) is 31.4 Å². The van der Waals surface area contributed by atoms with Crippen molar-refractivity contribution < 1.29 is 14.3 Å². The smallest absolute Gasteiger partial charge is 0.227 e. The lowest BCUT2D eigenvalue weighted by Gasteiger charge is -2.26. The van der Waals surface area contributed by atoms with Crippen molar-refractivity contribution >= 4 is 17.5 Å². The minimum atomic E-state index is -0.218. The van der Waals surface area contributed by atoms with Crippen LogP contribution in [-0.4, -0.2) is 24.5 Å². The second-order valence-corrected chi connectivity index (χ2v) is 7.15. The van der Waals surface area contributed by atoms with E-state index in [0.29, 0.717) is 13.0 Å². The summed E-state index contributed by atoms with van der Waals surface area (Å²) in [6.07, 6.45) is 2.44. The predicted octanol–water partition coefficient (Wildman–Crippen LogP) is 3.33. The molecule has 0 aromatic heterocycles. The number of rotatable bonds is 6. The summed E-state index contributed by atoms with van der Waals surface area (Å²) in [5, 5.41) is 5.88. The molecule has 27 heavy (non-hydrogen) atoms. The molecule has 3 rings (SSSR count). The standard InChI is InChI=1S/C22H26N2O3/c1-15(8-9-17-6-4-3-5-7-17)23-22(26)19-12-18-13-20(24-16(2)25)10-11-21(18)27-14-19/h3-7,10-11,13,15,19H,8-9,12,14H2,1-2H3,(H,23,26)(H,24,25). The van der Waals surface area contributed by atoms with Crippen LogP contribution in [0.3, 0.4) is 0 Å². The number of amides is 2. The Labute approximate surface area is 160 Å². The number of carbonyl (C=O) groups is 2. The number of anilines is 1. The van der Waals surface area contributed by atoms with Crippen LogP contribution in [0.2, 0.25) is 0 Å². The van der Waals surface area contributed by atoms with E-state index in [1.807, 2.05) is 43.3 Å². The van der Waals surface area contributed by atoms with E-state index in [1.165, 1.54) is 12.5 Å². The summed E-state index contributed by atoms with van der Waals surface area (Å²) in [7, 11) is 0. The molecule has 1 aliphatic rings. The van der Waals surface area contributed by atoms with Crippen molar-refractivity contribution in [1.29, 1.82) is 0 Å². The van der Waals surface area contributed by atoms with Crippen LogP contribution in [0.15, 0.2) is 48.5 Å². The minimum absolute atomic E-state index is 0.0196. The molecule has 0 fully saturated rings. The van der Waals surface area contributed by atoms with Crippen molar-refractivity contribution in [2.24, 2.45) is 5.92 Å². The molecule has 5 heteroatoms. The maximum atomic E-state index is 12.6. The van der Waals surface area contributed by atoms with Gasteiger partial charge in [-0.25, -0.2) is 0 Å². The van der Waals surface area contributed by atoms with E-state index < -0.39 is 0 Å². The van der Waals surface area contributed by atoms with Gasteiger partial charge in [0.1, 0.15) is 12.4 Å². The average molecular weight is 366 g/mol. The average Bonchev–Trinajstić information content (AvgIpc) is 2.66. The lowest BCUT2D eigenvalue weighted by molar-refractivity contribution is -0.127. The lowest BCUT2D eigenvalue weighted by atomic mass is 9.95. The molecule has 1 heterocycles. The van der Waals surface area contributed by atoms with E-state index >= 15 is 0 Å². The highest BCUT2D eigenvalue weighted by atomic mass is 16.5. The minimum Gasteiger partial charge on any atom is -0.492 e. The molecule has 2 unspecified atom stereocenters. The third-order valence-electron chi connectivity index (χ3n) is 4.76. The summed E-state index contributed by atoms with van der Waals surface area (Å²) in [5.74, 6) is 0.467. The van der Waals surface area contributed by atoms with Gasteiger partial charge in [0.25, 0.3) is 0 Å². The molecular weight excluding hydrogens is 340 g/mol. The molecule has 2 amide bonds. The van der Waals surface area contributed by atoms with Gasteiger partial charge in [-0.05, 0) is 55.5 Å². The molecule has 0 aliphatic carbocycles. The zero-order chi connectivity index (χ0) is 19.2. The van der Waals surface area contributed by atoms with E-state index in [1.54, 1.807) is 0 Å².